The SMILES string of the molecule is CC(C)(C)C1(N(CCCN2CCCCC2)C(=O)O)NN=C(c2ccc(NC(=O)c3ccsc3)cc2)O1. The third-order valence-corrected chi connectivity index (χ3v) is 7.34. The van der Waals surface area contributed by atoms with Gasteiger partial charge in [0.15, 0.2) is 0 Å². The van der Waals surface area contributed by atoms with Crippen LogP contribution in [0.25, 0.3) is 0 Å². The molecular weight excluding hydrogens is 478 g/mol. The Kier molecular flexibility index (Phi) is 7.85. The summed E-state index contributed by atoms with van der Waals surface area (Å²) >= 11 is 1.47. The van der Waals surface area contributed by atoms with Crippen molar-refractivity contribution < 1.29 is 19.4 Å². The molecule has 0 radical (unpaired) electrons. The number of hydrogen-bond acceptors (Lipinski definition) is 7. The van der Waals surface area contributed by atoms with Gasteiger partial charge in [0.25, 0.3) is 11.8 Å². The number of amides is 2. The summed E-state index contributed by atoms with van der Waals surface area (Å²) in [5.41, 5.74) is 4.35. The molecule has 1 saturated heterocycles. The lowest BCUT2D eigenvalue weighted by Crippen LogP contribution is -2.66. The van der Waals surface area contributed by atoms with Crippen molar-refractivity contribution in [3.63, 3.8) is 0 Å². The zero-order chi connectivity index (χ0) is 25.8. The fourth-order valence-corrected chi connectivity index (χ4v) is 5.23. The molecule has 10 heteroatoms. The molecule has 3 heterocycles. The van der Waals surface area contributed by atoms with Gasteiger partial charge in [0.2, 0.25) is 5.90 Å². The lowest BCUT2D eigenvalue weighted by atomic mass is 9.88. The van der Waals surface area contributed by atoms with Crippen LogP contribution in [0.15, 0.2) is 46.2 Å². The molecule has 2 aliphatic heterocycles. The van der Waals surface area contributed by atoms with Gasteiger partial charge in [-0.2, -0.15) is 11.3 Å². The Bertz CT molecular complexity index is 1070. The molecule has 2 aromatic rings. The number of carbonyl (C=O) groups excluding carboxylic acids is 1. The highest BCUT2D eigenvalue weighted by molar-refractivity contribution is 7.08. The van der Waals surface area contributed by atoms with Crippen LogP contribution >= 0.6 is 11.3 Å². The van der Waals surface area contributed by atoms with Crippen LogP contribution in [0.3, 0.4) is 0 Å². The van der Waals surface area contributed by atoms with E-state index in [1.54, 1.807) is 35.7 Å². The second-order valence-electron chi connectivity index (χ2n) is 10.3. The van der Waals surface area contributed by atoms with E-state index in [9.17, 15) is 14.7 Å². The van der Waals surface area contributed by atoms with Gasteiger partial charge in [-0.15, -0.1) is 5.10 Å². The van der Waals surface area contributed by atoms with Crippen LogP contribution in [0.4, 0.5) is 10.5 Å². The summed E-state index contributed by atoms with van der Waals surface area (Å²) in [5, 5.41) is 21.1. The average Bonchev–Trinajstić information content (AvgIpc) is 3.54. The van der Waals surface area contributed by atoms with Crippen molar-refractivity contribution in [2.75, 3.05) is 31.5 Å². The highest BCUT2D eigenvalue weighted by atomic mass is 32.1. The van der Waals surface area contributed by atoms with Crippen LogP contribution < -0.4 is 10.7 Å². The first-order valence-corrected chi connectivity index (χ1v) is 13.3. The molecule has 36 heavy (non-hydrogen) atoms. The number of piperidine rings is 1. The monoisotopic (exact) mass is 513 g/mol. The largest absolute Gasteiger partial charge is 0.465 e. The zero-order valence-corrected chi connectivity index (χ0v) is 21.9. The van der Waals surface area contributed by atoms with Crippen molar-refractivity contribution in [3.8, 4) is 0 Å². The lowest BCUT2D eigenvalue weighted by Gasteiger charge is -2.46. The van der Waals surface area contributed by atoms with E-state index in [1.807, 2.05) is 26.2 Å². The van der Waals surface area contributed by atoms with E-state index >= 15 is 0 Å². The van der Waals surface area contributed by atoms with Crippen molar-refractivity contribution in [1.82, 2.24) is 15.2 Å². The first kappa shape index (κ1) is 26.0. The second-order valence-corrected chi connectivity index (χ2v) is 11.0. The minimum Gasteiger partial charge on any atom is -0.465 e. The van der Waals surface area contributed by atoms with Gasteiger partial charge in [0, 0.05) is 28.6 Å². The smallest absolute Gasteiger partial charge is 0.411 e. The molecule has 1 aromatic heterocycles. The quantitative estimate of drug-likeness (QED) is 0.467. The molecule has 9 nitrogen and oxygen atoms in total. The molecule has 0 bridgehead atoms. The molecule has 2 aliphatic rings. The predicted octanol–water partition coefficient (Wildman–Crippen LogP) is 4.84. The van der Waals surface area contributed by atoms with Crippen LogP contribution in [0.1, 0.15) is 62.4 Å². The number of hydrazone groups is 1. The molecule has 3 N–H and O–H groups in total. The van der Waals surface area contributed by atoms with Crippen LogP contribution in [0.5, 0.6) is 0 Å². The third-order valence-electron chi connectivity index (χ3n) is 6.66. The number of carboxylic acid groups (broad SMARTS) is 1. The minimum atomic E-state index is -1.35. The lowest BCUT2D eigenvalue weighted by molar-refractivity contribution is -0.159. The van der Waals surface area contributed by atoms with Gasteiger partial charge < -0.3 is 20.1 Å². The van der Waals surface area contributed by atoms with E-state index < -0.39 is 17.4 Å². The molecule has 0 aliphatic carbocycles. The molecule has 0 saturated carbocycles. The van der Waals surface area contributed by atoms with Crippen LogP contribution in [-0.4, -0.2) is 64.8 Å². The maximum Gasteiger partial charge on any atom is 0.411 e. The van der Waals surface area contributed by atoms with Crippen molar-refractivity contribution >= 4 is 34.9 Å². The van der Waals surface area contributed by atoms with Gasteiger partial charge in [-0.3, -0.25) is 9.69 Å². The highest BCUT2D eigenvalue weighted by Gasteiger charge is 2.55. The number of ether oxygens (including phenoxy) is 1. The fraction of sp³-hybridized carbons (Fsp3) is 0.500. The average molecular weight is 514 g/mol. The first-order chi connectivity index (χ1) is 17.2. The van der Waals surface area contributed by atoms with Crippen molar-refractivity contribution in [2.45, 2.75) is 52.3 Å². The van der Waals surface area contributed by atoms with Crippen LogP contribution in [-0.2, 0) is 4.74 Å². The van der Waals surface area contributed by atoms with E-state index in [1.165, 1.54) is 35.5 Å². The number of benzene rings is 1. The molecular formula is C26H35N5O4S. The minimum absolute atomic E-state index is 0.173. The van der Waals surface area contributed by atoms with Gasteiger partial charge in [-0.25, -0.2) is 10.2 Å². The summed E-state index contributed by atoms with van der Waals surface area (Å²) in [5.74, 6) is -1.21. The summed E-state index contributed by atoms with van der Waals surface area (Å²) in [6.45, 7) is 9.13. The Morgan fingerprint density at radius 2 is 1.92 bits per heavy atom. The number of hydrogen-bond donors (Lipinski definition) is 3. The van der Waals surface area contributed by atoms with Crippen LogP contribution in [0, 0.1) is 5.41 Å². The number of nitrogens with one attached hydrogen (secondary N) is 2. The summed E-state index contributed by atoms with van der Waals surface area (Å²) in [6, 6.07) is 8.91. The standard InChI is InChI=1S/C26H35N5O4S/c1-25(2,3)26(31(24(33)34)16-7-15-30-13-5-4-6-14-30)29-28-23(35-26)19-8-10-21(11-9-19)27-22(32)20-12-17-36-18-20/h8-12,17-18,29H,4-7,13-16H2,1-3H3,(H,27,32)(H,33,34). The molecule has 1 fully saturated rings. The Morgan fingerprint density at radius 1 is 1.19 bits per heavy atom. The molecule has 4 rings (SSSR count). The number of carbonyl (C=O) groups is 2. The number of nitrogens with zero attached hydrogens (tertiary/aromatic N) is 3. The Labute approximate surface area is 216 Å². The zero-order valence-electron chi connectivity index (χ0n) is 21.1. The van der Waals surface area contributed by atoms with Gasteiger partial charge in [-0.05, 0) is 74.6 Å². The molecule has 0 spiro atoms. The number of rotatable bonds is 8. The van der Waals surface area contributed by atoms with E-state index in [0.29, 0.717) is 35.7 Å². The topological polar surface area (TPSA) is 107 Å². The first-order valence-electron chi connectivity index (χ1n) is 12.4. The molecule has 194 valence electrons. The number of likely N-dealkylation sites (tertiary alicyclic amines) is 1. The van der Waals surface area contributed by atoms with Crippen LogP contribution in [0.2, 0.25) is 0 Å². The third kappa shape index (κ3) is 5.65. The van der Waals surface area contributed by atoms with Crippen molar-refractivity contribution in [3.05, 3.63) is 52.2 Å². The van der Waals surface area contributed by atoms with Gasteiger partial charge in [-0.1, -0.05) is 27.2 Å². The Hall–Kier alpha value is -3.11. The highest BCUT2D eigenvalue weighted by Crippen LogP contribution is 2.38. The van der Waals surface area contributed by atoms with E-state index in [4.69, 9.17) is 4.74 Å². The Morgan fingerprint density at radius 3 is 2.53 bits per heavy atom. The molecule has 1 unspecified atom stereocenters. The Balaban J connectivity index is 1.44. The normalized spacial score (nSPS) is 20.2. The maximum atomic E-state index is 12.4. The molecule has 1 atom stereocenters. The van der Waals surface area contributed by atoms with E-state index in [2.05, 4.69) is 20.7 Å². The molecule has 1 aromatic carbocycles. The number of thiophene rings is 1. The molecule has 2 amide bonds. The van der Waals surface area contributed by atoms with Crippen molar-refractivity contribution in [1.29, 1.82) is 0 Å². The summed E-state index contributed by atoms with van der Waals surface area (Å²) in [4.78, 5) is 28.5. The van der Waals surface area contributed by atoms with Gasteiger partial charge >= 0.3 is 6.09 Å². The predicted molar refractivity (Wildman–Crippen MR) is 141 cm³/mol. The fourth-order valence-electron chi connectivity index (χ4n) is 4.59. The number of anilines is 1. The van der Waals surface area contributed by atoms with Gasteiger partial charge in [0.05, 0.1) is 5.56 Å². The summed E-state index contributed by atoms with van der Waals surface area (Å²) < 4.78 is 6.33. The maximum absolute atomic E-state index is 12.4. The second kappa shape index (κ2) is 10.9. The van der Waals surface area contributed by atoms with E-state index in [-0.39, 0.29) is 5.91 Å². The van der Waals surface area contributed by atoms with Gasteiger partial charge in [0.1, 0.15) is 0 Å². The van der Waals surface area contributed by atoms with Crippen molar-refractivity contribution in [2.24, 2.45) is 10.5 Å². The summed E-state index contributed by atoms with van der Waals surface area (Å²) in [6.07, 6.45) is 3.33. The summed E-state index contributed by atoms with van der Waals surface area (Å²) in [7, 11) is 0. The van der Waals surface area contributed by atoms with E-state index in [0.717, 1.165) is 19.6 Å².